The summed E-state index contributed by atoms with van der Waals surface area (Å²) in [6.07, 6.45) is 2.56. The molecule has 0 bridgehead atoms. The number of methoxy groups -OCH3 is 1. The van der Waals surface area contributed by atoms with E-state index < -0.39 is 0 Å². The highest BCUT2D eigenvalue weighted by atomic mass is 16.5. The van der Waals surface area contributed by atoms with Gasteiger partial charge in [0.25, 0.3) is 0 Å². The Morgan fingerprint density at radius 2 is 2.00 bits per heavy atom. The predicted octanol–water partition coefficient (Wildman–Crippen LogP) is 2.42. The second-order valence-corrected chi connectivity index (χ2v) is 3.24. The van der Waals surface area contributed by atoms with Crippen LogP contribution in [0.15, 0.2) is 0 Å². The van der Waals surface area contributed by atoms with Crippen LogP contribution in [0, 0.1) is 5.92 Å². The molecule has 0 rings (SSSR count). The molecule has 0 heterocycles. The van der Waals surface area contributed by atoms with Crippen molar-refractivity contribution in [2.24, 2.45) is 5.92 Å². The van der Waals surface area contributed by atoms with E-state index in [0.717, 1.165) is 12.8 Å². The lowest BCUT2D eigenvalue weighted by Gasteiger charge is -2.20. The minimum Gasteiger partial charge on any atom is -0.373 e. The smallest absolute Gasteiger partial charge is 0.161 e. The lowest BCUT2D eigenvalue weighted by molar-refractivity contribution is -0.131. The molecule has 0 aromatic carbocycles. The third kappa shape index (κ3) is 3.35. The van der Waals surface area contributed by atoms with Crippen LogP contribution in [0.3, 0.4) is 0 Å². The van der Waals surface area contributed by atoms with E-state index >= 15 is 0 Å². The zero-order chi connectivity index (χ0) is 9.56. The van der Waals surface area contributed by atoms with Gasteiger partial charge in [-0.25, -0.2) is 0 Å². The first-order chi connectivity index (χ1) is 5.67. The SMILES string of the molecule is CCCC(C)C(OC)C(=O)CC. The Balaban J connectivity index is 4.03. The Morgan fingerprint density at radius 3 is 2.33 bits per heavy atom. The van der Waals surface area contributed by atoms with E-state index in [2.05, 4.69) is 13.8 Å². The van der Waals surface area contributed by atoms with Gasteiger partial charge in [-0.05, 0) is 12.3 Å². The molecule has 0 aliphatic rings. The van der Waals surface area contributed by atoms with E-state index in [1.165, 1.54) is 0 Å². The molecule has 0 aliphatic carbocycles. The molecule has 0 saturated carbocycles. The fourth-order valence-electron chi connectivity index (χ4n) is 1.49. The molecule has 0 aliphatic heterocycles. The number of carbonyl (C=O) groups excluding carboxylic acids is 1. The van der Waals surface area contributed by atoms with E-state index in [9.17, 15) is 4.79 Å². The van der Waals surface area contributed by atoms with Crippen LogP contribution in [0.4, 0.5) is 0 Å². The lowest BCUT2D eigenvalue weighted by atomic mass is 9.95. The third-order valence-electron chi connectivity index (χ3n) is 2.18. The van der Waals surface area contributed by atoms with Crippen LogP contribution >= 0.6 is 0 Å². The third-order valence-corrected chi connectivity index (χ3v) is 2.18. The maximum atomic E-state index is 11.3. The minimum absolute atomic E-state index is 0.185. The van der Waals surface area contributed by atoms with Gasteiger partial charge in [0.2, 0.25) is 0 Å². The number of rotatable bonds is 6. The second-order valence-electron chi connectivity index (χ2n) is 3.24. The summed E-state index contributed by atoms with van der Waals surface area (Å²) >= 11 is 0. The van der Waals surface area contributed by atoms with E-state index in [4.69, 9.17) is 4.74 Å². The first-order valence-electron chi connectivity index (χ1n) is 4.72. The molecule has 2 atom stereocenters. The summed E-state index contributed by atoms with van der Waals surface area (Å²) in [6, 6.07) is 0. The summed E-state index contributed by atoms with van der Waals surface area (Å²) in [4.78, 5) is 11.3. The van der Waals surface area contributed by atoms with Crippen LogP contribution in [-0.2, 0) is 9.53 Å². The van der Waals surface area contributed by atoms with Crippen molar-refractivity contribution in [1.29, 1.82) is 0 Å². The average Bonchev–Trinajstić information content (AvgIpc) is 2.06. The zero-order valence-corrected chi connectivity index (χ0v) is 8.59. The van der Waals surface area contributed by atoms with Crippen LogP contribution in [0.5, 0.6) is 0 Å². The molecule has 2 heteroatoms. The van der Waals surface area contributed by atoms with Gasteiger partial charge in [0.1, 0.15) is 6.10 Å². The van der Waals surface area contributed by atoms with E-state index in [0.29, 0.717) is 12.3 Å². The molecule has 0 N–H and O–H groups in total. The molecule has 2 unspecified atom stereocenters. The van der Waals surface area contributed by atoms with Gasteiger partial charge < -0.3 is 4.74 Å². The summed E-state index contributed by atoms with van der Waals surface area (Å²) in [7, 11) is 1.62. The Labute approximate surface area is 75.3 Å². The van der Waals surface area contributed by atoms with Gasteiger partial charge in [-0.3, -0.25) is 4.79 Å². The Hall–Kier alpha value is -0.370. The number of ether oxygens (including phenoxy) is 1. The van der Waals surface area contributed by atoms with E-state index in [1.54, 1.807) is 7.11 Å². The Kier molecular flexibility index (Phi) is 5.99. The monoisotopic (exact) mass is 172 g/mol. The highest BCUT2D eigenvalue weighted by molar-refractivity contribution is 5.83. The minimum atomic E-state index is -0.185. The maximum Gasteiger partial charge on any atom is 0.161 e. The van der Waals surface area contributed by atoms with Gasteiger partial charge in [-0.2, -0.15) is 0 Å². The van der Waals surface area contributed by atoms with Crippen LogP contribution in [0.2, 0.25) is 0 Å². The van der Waals surface area contributed by atoms with Gasteiger partial charge >= 0.3 is 0 Å². The van der Waals surface area contributed by atoms with Gasteiger partial charge in [0, 0.05) is 13.5 Å². The fraction of sp³-hybridized carbons (Fsp3) is 0.900. The van der Waals surface area contributed by atoms with Crippen molar-refractivity contribution in [2.45, 2.75) is 46.1 Å². The molecule has 0 spiro atoms. The molecule has 2 nitrogen and oxygen atoms in total. The van der Waals surface area contributed by atoms with Crippen LogP contribution < -0.4 is 0 Å². The first-order valence-corrected chi connectivity index (χ1v) is 4.72. The van der Waals surface area contributed by atoms with Gasteiger partial charge in [0.15, 0.2) is 5.78 Å². The molecule has 72 valence electrons. The number of Topliss-reactive ketones (excluding diaryl/α,β-unsaturated/α-hetero) is 1. The van der Waals surface area contributed by atoms with Gasteiger partial charge in [-0.15, -0.1) is 0 Å². The molecule has 0 radical (unpaired) electrons. The molecule has 0 fully saturated rings. The molecule has 12 heavy (non-hydrogen) atoms. The highest BCUT2D eigenvalue weighted by Gasteiger charge is 2.21. The zero-order valence-electron chi connectivity index (χ0n) is 8.59. The standard InChI is InChI=1S/C10H20O2/c1-5-7-8(3)10(12-4)9(11)6-2/h8,10H,5-7H2,1-4H3. The van der Waals surface area contributed by atoms with Crippen molar-refractivity contribution in [1.82, 2.24) is 0 Å². The van der Waals surface area contributed by atoms with Crippen LogP contribution in [0.25, 0.3) is 0 Å². The fourth-order valence-corrected chi connectivity index (χ4v) is 1.49. The van der Waals surface area contributed by atoms with Crippen molar-refractivity contribution in [3.63, 3.8) is 0 Å². The van der Waals surface area contributed by atoms with Crippen molar-refractivity contribution in [3.8, 4) is 0 Å². The summed E-state index contributed by atoms with van der Waals surface area (Å²) < 4.78 is 5.17. The Bertz CT molecular complexity index is 132. The molecule has 0 amide bonds. The van der Waals surface area contributed by atoms with E-state index in [1.807, 2.05) is 6.92 Å². The number of carbonyl (C=O) groups is 1. The summed E-state index contributed by atoms with van der Waals surface area (Å²) in [5.41, 5.74) is 0. The van der Waals surface area contributed by atoms with Gasteiger partial charge in [-0.1, -0.05) is 27.2 Å². The largest absolute Gasteiger partial charge is 0.373 e. The van der Waals surface area contributed by atoms with Gasteiger partial charge in [0.05, 0.1) is 0 Å². The lowest BCUT2D eigenvalue weighted by Crippen LogP contribution is -2.29. The average molecular weight is 172 g/mol. The first kappa shape index (κ1) is 11.6. The Morgan fingerprint density at radius 1 is 1.42 bits per heavy atom. The number of ketones is 1. The topological polar surface area (TPSA) is 26.3 Å². The molecule has 0 aromatic rings. The van der Waals surface area contributed by atoms with Crippen molar-refractivity contribution >= 4 is 5.78 Å². The maximum absolute atomic E-state index is 11.3. The molecule has 0 saturated heterocycles. The number of hydrogen-bond acceptors (Lipinski definition) is 2. The molecule has 0 aromatic heterocycles. The molecular formula is C10H20O2. The summed E-state index contributed by atoms with van der Waals surface area (Å²) in [5.74, 6) is 0.575. The van der Waals surface area contributed by atoms with Crippen molar-refractivity contribution in [3.05, 3.63) is 0 Å². The normalized spacial score (nSPS) is 15.7. The van der Waals surface area contributed by atoms with Crippen molar-refractivity contribution < 1.29 is 9.53 Å². The quantitative estimate of drug-likeness (QED) is 0.615. The van der Waals surface area contributed by atoms with Crippen LogP contribution in [0.1, 0.15) is 40.0 Å². The number of hydrogen-bond donors (Lipinski definition) is 0. The summed E-state index contributed by atoms with van der Waals surface area (Å²) in [5, 5.41) is 0. The molecular weight excluding hydrogens is 152 g/mol. The van der Waals surface area contributed by atoms with Crippen molar-refractivity contribution in [2.75, 3.05) is 7.11 Å². The highest BCUT2D eigenvalue weighted by Crippen LogP contribution is 2.15. The predicted molar refractivity (Wildman–Crippen MR) is 50.2 cm³/mol. The summed E-state index contributed by atoms with van der Waals surface area (Å²) in [6.45, 7) is 6.08. The second kappa shape index (κ2) is 6.18. The van der Waals surface area contributed by atoms with E-state index in [-0.39, 0.29) is 11.9 Å². The van der Waals surface area contributed by atoms with Crippen LogP contribution in [-0.4, -0.2) is 19.0 Å².